The molecule has 1 N–H and O–H groups in total. The van der Waals surface area contributed by atoms with E-state index in [9.17, 15) is 12.8 Å². The topological polar surface area (TPSA) is 54.4 Å². The predicted octanol–water partition coefficient (Wildman–Crippen LogP) is 1.64. The van der Waals surface area contributed by atoms with E-state index >= 15 is 0 Å². The van der Waals surface area contributed by atoms with E-state index in [2.05, 4.69) is 0 Å². The van der Waals surface area contributed by atoms with Crippen LogP contribution in [0.15, 0.2) is 18.2 Å². The van der Waals surface area contributed by atoms with Crippen LogP contribution in [0.1, 0.15) is 5.56 Å². The fourth-order valence-electron chi connectivity index (χ4n) is 0.954. The summed E-state index contributed by atoms with van der Waals surface area (Å²) < 4.78 is 33.7. The molecule has 0 aromatic heterocycles. The number of rotatable bonds is 3. The summed E-state index contributed by atoms with van der Waals surface area (Å²) in [5.74, 6) is -1.46. The van der Waals surface area contributed by atoms with Crippen LogP contribution in [0.5, 0.6) is 5.75 Å². The highest BCUT2D eigenvalue weighted by atomic mass is 35.7. The lowest BCUT2D eigenvalue weighted by Gasteiger charge is -2.00. The highest BCUT2D eigenvalue weighted by Crippen LogP contribution is 2.17. The quantitative estimate of drug-likeness (QED) is 0.815. The molecule has 0 unspecified atom stereocenters. The monoisotopic (exact) mass is 238 g/mol. The number of halogens is 2. The average Bonchev–Trinajstić information content (AvgIpc) is 2.06. The number of aryl methyl sites for hydroxylation is 1. The first kappa shape index (κ1) is 11.3. The maximum absolute atomic E-state index is 12.6. The zero-order valence-electron chi connectivity index (χ0n) is 7.07. The minimum absolute atomic E-state index is 0.152. The molecule has 0 radical (unpaired) electrons. The molecule has 0 amide bonds. The molecule has 14 heavy (non-hydrogen) atoms. The Kier molecular flexibility index (Phi) is 3.34. The van der Waals surface area contributed by atoms with Crippen molar-refractivity contribution in [2.75, 3.05) is 5.75 Å². The first-order valence-corrected chi connectivity index (χ1v) is 6.26. The minimum atomic E-state index is -3.55. The highest BCUT2D eigenvalue weighted by Gasteiger charge is 2.07. The van der Waals surface area contributed by atoms with Gasteiger partial charge in [0, 0.05) is 10.7 Å². The maximum Gasteiger partial charge on any atom is 0.232 e. The zero-order valence-corrected chi connectivity index (χ0v) is 8.65. The fraction of sp³-hybridized carbons (Fsp3) is 0.250. The van der Waals surface area contributed by atoms with E-state index in [1.54, 1.807) is 0 Å². The standard InChI is InChI=1S/C8H8ClFO3S/c9-14(12,13)4-3-6-1-2-7(10)8(11)5-6/h1-2,5,11H,3-4H2. The Morgan fingerprint density at radius 1 is 1.43 bits per heavy atom. The molecule has 0 aliphatic carbocycles. The molecule has 0 fully saturated rings. The highest BCUT2D eigenvalue weighted by molar-refractivity contribution is 8.13. The van der Waals surface area contributed by atoms with Gasteiger partial charge < -0.3 is 5.11 Å². The van der Waals surface area contributed by atoms with E-state index in [4.69, 9.17) is 15.8 Å². The Balaban J connectivity index is 2.74. The molecule has 0 aliphatic heterocycles. The lowest BCUT2D eigenvalue weighted by Crippen LogP contribution is -2.00. The second-order valence-corrected chi connectivity index (χ2v) is 5.68. The molecule has 78 valence electrons. The summed E-state index contributed by atoms with van der Waals surface area (Å²) in [6.45, 7) is 0. The van der Waals surface area contributed by atoms with Crippen LogP contribution in [0.3, 0.4) is 0 Å². The van der Waals surface area contributed by atoms with Gasteiger partial charge in [-0.2, -0.15) is 0 Å². The third-order valence-electron chi connectivity index (χ3n) is 1.65. The van der Waals surface area contributed by atoms with Gasteiger partial charge in [-0.05, 0) is 24.1 Å². The van der Waals surface area contributed by atoms with Gasteiger partial charge in [0.2, 0.25) is 9.05 Å². The molecule has 0 atom stereocenters. The first-order chi connectivity index (χ1) is 6.38. The van der Waals surface area contributed by atoms with Gasteiger partial charge in [0.25, 0.3) is 0 Å². The second kappa shape index (κ2) is 4.14. The number of phenols is 1. The summed E-state index contributed by atoms with van der Waals surface area (Å²) in [7, 11) is 1.44. The molecule has 0 heterocycles. The lowest BCUT2D eigenvalue weighted by molar-refractivity contribution is 0.431. The SMILES string of the molecule is O=S(=O)(Cl)CCc1ccc(F)c(O)c1. The van der Waals surface area contributed by atoms with Gasteiger partial charge in [-0.25, -0.2) is 12.8 Å². The van der Waals surface area contributed by atoms with E-state index in [0.29, 0.717) is 5.56 Å². The Bertz CT molecular complexity index is 430. The van der Waals surface area contributed by atoms with Crippen LogP contribution >= 0.6 is 10.7 Å². The summed E-state index contributed by atoms with van der Waals surface area (Å²) in [5.41, 5.74) is 0.521. The normalized spacial score (nSPS) is 11.6. The second-order valence-electron chi connectivity index (χ2n) is 2.78. The summed E-state index contributed by atoms with van der Waals surface area (Å²) >= 11 is 0. The molecule has 0 aliphatic rings. The molecule has 3 nitrogen and oxygen atoms in total. The van der Waals surface area contributed by atoms with Gasteiger partial charge >= 0.3 is 0 Å². The smallest absolute Gasteiger partial charge is 0.232 e. The Morgan fingerprint density at radius 2 is 2.07 bits per heavy atom. The fourth-order valence-corrected chi connectivity index (χ4v) is 1.66. The number of phenolic OH excluding ortho intramolecular Hbond substituents is 1. The third kappa shape index (κ3) is 3.51. The van der Waals surface area contributed by atoms with E-state index in [0.717, 1.165) is 6.07 Å². The lowest BCUT2D eigenvalue weighted by atomic mass is 10.1. The first-order valence-electron chi connectivity index (χ1n) is 3.78. The summed E-state index contributed by atoms with van der Waals surface area (Å²) in [5, 5.41) is 8.97. The summed E-state index contributed by atoms with van der Waals surface area (Å²) in [6, 6.07) is 3.65. The molecule has 1 aromatic rings. The molecular formula is C8H8ClFO3S. The van der Waals surface area contributed by atoms with Crippen LogP contribution in [0.2, 0.25) is 0 Å². The van der Waals surface area contributed by atoms with Crippen molar-refractivity contribution in [3.8, 4) is 5.75 Å². The molecule has 1 aromatic carbocycles. The van der Waals surface area contributed by atoms with E-state index < -0.39 is 20.6 Å². The van der Waals surface area contributed by atoms with Crippen LogP contribution < -0.4 is 0 Å². The van der Waals surface area contributed by atoms with Crippen LogP contribution in [-0.4, -0.2) is 19.3 Å². The Labute approximate surface area is 85.6 Å². The summed E-state index contributed by atoms with van der Waals surface area (Å²) in [6.07, 6.45) is 0.152. The number of aromatic hydroxyl groups is 1. The van der Waals surface area contributed by atoms with Crippen LogP contribution in [0, 0.1) is 5.82 Å². The van der Waals surface area contributed by atoms with Crippen molar-refractivity contribution in [3.05, 3.63) is 29.6 Å². The van der Waals surface area contributed by atoms with Gasteiger partial charge in [-0.1, -0.05) is 6.07 Å². The third-order valence-corrected chi connectivity index (χ3v) is 2.80. The number of hydrogen-bond acceptors (Lipinski definition) is 3. The molecule has 6 heteroatoms. The Morgan fingerprint density at radius 3 is 2.57 bits per heavy atom. The van der Waals surface area contributed by atoms with Crippen LogP contribution in [0.4, 0.5) is 4.39 Å². The van der Waals surface area contributed by atoms with Crippen LogP contribution in [-0.2, 0) is 15.5 Å². The van der Waals surface area contributed by atoms with Crippen LogP contribution in [0.25, 0.3) is 0 Å². The number of hydrogen-bond donors (Lipinski definition) is 1. The molecule has 0 bridgehead atoms. The van der Waals surface area contributed by atoms with Gasteiger partial charge in [0.15, 0.2) is 11.6 Å². The Hall–Kier alpha value is -0.810. The van der Waals surface area contributed by atoms with E-state index in [1.165, 1.54) is 12.1 Å². The predicted molar refractivity (Wildman–Crippen MR) is 51.4 cm³/mol. The molecule has 0 saturated heterocycles. The van der Waals surface area contributed by atoms with Crippen molar-refractivity contribution in [3.63, 3.8) is 0 Å². The van der Waals surface area contributed by atoms with Gasteiger partial charge in [-0.15, -0.1) is 0 Å². The van der Waals surface area contributed by atoms with Crippen molar-refractivity contribution >= 4 is 19.7 Å². The van der Waals surface area contributed by atoms with Gasteiger partial charge in [0.1, 0.15) is 0 Å². The molecule has 1 rings (SSSR count). The van der Waals surface area contributed by atoms with Crippen molar-refractivity contribution in [2.45, 2.75) is 6.42 Å². The van der Waals surface area contributed by atoms with E-state index in [1.807, 2.05) is 0 Å². The van der Waals surface area contributed by atoms with E-state index in [-0.39, 0.29) is 12.2 Å². The van der Waals surface area contributed by atoms with Crippen molar-refractivity contribution in [1.29, 1.82) is 0 Å². The average molecular weight is 239 g/mol. The van der Waals surface area contributed by atoms with Crippen molar-refractivity contribution in [2.24, 2.45) is 0 Å². The minimum Gasteiger partial charge on any atom is -0.505 e. The molecule has 0 spiro atoms. The van der Waals surface area contributed by atoms with Crippen molar-refractivity contribution < 1.29 is 17.9 Å². The molecule has 0 saturated carbocycles. The molecular weight excluding hydrogens is 231 g/mol. The number of benzene rings is 1. The van der Waals surface area contributed by atoms with Crippen molar-refractivity contribution in [1.82, 2.24) is 0 Å². The largest absolute Gasteiger partial charge is 0.505 e. The summed E-state index contributed by atoms with van der Waals surface area (Å²) in [4.78, 5) is 0. The zero-order chi connectivity index (χ0) is 10.8. The van der Waals surface area contributed by atoms with Gasteiger partial charge in [0.05, 0.1) is 5.75 Å². The van der Waals surface area contributed by atoms with Gasteiger partial charge in [-0.3, -0.25) is 0 Å². The maximum atomic E-state index is 12.6.